The van der Waals surface area contributed by atoms with Crippen molar-refractivity contribution in [2.24, 2.45) is 0 Å². The number of hydrogen-bond donors (Lipinski definition) is 1. The Bertz CT molecular complexity index is 876. The lowest BCUT2D eigenvalue weighted by Gasteiger charge is -2.17. The van der Waals surface area contributed by atoms with Crippen LogP contribution in [0.4, 0.5) is 0 Å². The summed E-state index contributed by atoms with van der Waals surface area (Å²) < 4.78 is 38.3. The highest BCUT2D eigenvalue weighted by Gasteiger charge is 2.44. The third-order valence-corrected chi connectivity index (χ3v) is 6.22. The van der Waals surface area contributed by atoms with Crippen LogP contribution in [-0.2, 0) is 15.4 Å². The molecule has 126 valence electrons. The normalized spacial score (nSPS) is 17.7. The molecule has 0 radical (unpaired) electrons. The van der Waals surface area contributed by atoms with Gasteiger partial charge in [0.1, 0.15) is 0 Å². The van der Waals surface area contributed by atoms with Gasteiger partial charge >= 0.3 is 0 Å². The lowest BCUT2D eigenvalue weighted by Crippen LogP contribution is -2.32. The average molecular weight is 366 g/mol. The first kappa shape index (κ1) is 15.7. The minimum absolute atomic E-state index is 0.117. The highest BCUT2D eigenvalue weighted by molar-refractivity contribution is 7.89. The van der Waals surface area contributed by atoms with Crippen LogP contribution in [0.25, 0.3) is 0 Å². The van der Waals surface area contributed by atoms with E-state index in [2.05, 4.69) is 4.72 Å². The molecule has 0 amide bonds. The van der Waals surface area contributed by atoms with Crippen LogP contribution in [0, 0.1) is 0 Å². The Kier molecular flexibility index (Phi) is 3.71. The number of ether oxygens (including phenoxy) is 2. The SMILES string of the molecule is O=S(=O)(NCC1(c2ccc(Cl)cc2)CC1)c1ccc2c(c1)OCO2. The third-order valence-electron chi connectivity index (χ3n) is 4.57. The van der Waals surface area contributed by atoms with Crippen LogP contribution in [0.2, 0.25) is 5.02 Å². The second kappa shape index (κ2) is 5.65. The van der Waals surface area contributed by atoms with Gasteiger partial charge in [-0.15, -0.1) is 0 Å². The smallest absolute Gasteiger partial charge is 0.240 e. The minimum Gasteiger partial charge on any atom is -0.454 e. The first-order chi connectivity index (χ1) is 11.5. The Morgan fingerprint density at radius 3 is 2.46 bits per heavy atom. The second-order valence-corrected chi connectivity index (χ2v) is 8.33. The van der Waals surface area contributed by atoms with Gasteiger partial charge in [0.25, 0.3) is 0 Å². The van der Waals surface area contributed by atoms with Crippen LogP contribution >= 0.6 is 11.6 Å². The van der Waals surface area contributed by atoms with Crippen LogP contribution in [0.15, 0.2) is 47.4 Å². The number of hydrogen-bond acceptors (Lipinski definition) is 4. The highest BCUT2D eigenvalue weighted by Crippen LogP contribution is 2.48. The fourth-order valence-electron chi connectivity index (χ4n) is 2.88. The molecular formula is C17H16ClNO4S. The molecule has 1 aliphatic carbocycles. The van der Waals surface area contributed by atoms with E-state index in [0.717, 1.165) is 18.4 Å². The highest BCUT2D eigenvalue weighted by atomic mass is 35.5. The molecule has 1 fully saturated rings. The number of halogens is 1. The molecule has 2 aromatic carbocycles. The van der Waals surface area contributed by atoms with E-state index < -0.39 is 10.0 Å². The molecule has 0 saturated heterocycles. The monoisotopic (exact) mass is 365 g/mol. The molecule has 1 heterocycles. The molecule has 1 aliphatic heterocycles. The first-order valence-electron chi connectivity index (χ1n) is 7.64. The van der Waals surface area contributed by atoms with E-state index in [1.165, 1.54) is 12.1 Å². The summed E-state index contributed by atoms with van der Waals surface area (Å²) in [6.45, 7) is 0.483. The summed E-state index contributed by atoms with van der Waals surface area (Å²) in [5.41, 5.74) is 0.980. The summed E-state index contributed by atoms with van der Waals surface area (Å²) in [6, 6.07) is 12.2. The van der Waals surface area contributed by atoms with Crippen LogP contribution in [0.3, 0.4) is 0 Å². The molecule has 5 nitrogen and oxygen atoms in total. The molecule has 0 spiro atoms. The molecule has 0 bridgehead atoms. The lowest BCUT2D eigenvalue weighted by molar-refractivity contribution is 0.174. The van der Waals surface area contributed by atoms with Gasteiger partial charge in [-0.2, -0.15) is 0 Å². The third kappa shape index (κ3) is 2.85. The predicted molar refractivity (Wildman–Crippen MR) is 90.1 cm³/mol. The Morgan fingerprint density at radius 1 is 1.04 bits per heavy atom. The zero-order chi connectivity index (χ0) is 16.8. The van der Waals surface area contributed by atoms with Crippen molar-refractivity contribution in [3.05, 3.63) is 53.1 Å². The Hall–Kier alpha value is -1.76. The predicted octanol–water partition coefficient (Wildman–Crippen LogP) is 3.08. The van der Waals surface area contributed by atoms with E-state index in [1.54, 1.807) is 6.07 Å². The van der Waals surface area contributed by atoms with Gasteiger partial charge in [0, 0.05) is 23.0 Å². The van der Waals surface area contributed by atoms with Crippen LogP contribution in [0.1, 0.15) is 18.4 Å². The van der Waals surface area contributed by atoms with Crippen molar-refractivity contribution >= 4 is 21.6 Å². The van der Waals surface area contributed by atoms with E-state index in [0.29, 0.717) is 23.1 Å². The topological polar surface area (TPSA) is 64.6 Å². The molecule has 2 aromatic rings. The molecule has 0 atom stereocenters. The molecule has 24 heavy (non-hydrogen) atoms. The van der Waals surface area contributed by atoms with Crippen molar-refractivity contribution in [3.8, 4) is 11.5 Å². The fourth-order valence-corrected chi connectivity index (χ4v) is 4.15. The molecule has 1 N–H and O–H groups in total. The van der Waals surface area contributed by atoms with Gasteiger partial charge in [0.05, 0.1) is 4.90 Å². The van der Waals surface area contributed by atoms with Crippen molar-refractivity contribution in [2.45, 2.75) is 23.2 Å². The molecule has 7 heteroatoms. The van der Waals surface area contributed by atoms with Gasteiger partial charge in [0.15, 0.2) is 11.5 Å². The van der Waals surface area contributed by atoms with E-state index in [4.69, 9.17) is 21.1 Å². The van der Waals surface area contributed by atoms with Crippen LogP contribution < -0.4 is 14.2 Å². The number of sulfonamides is 1. The van der Waals surface area contributed by atoms with Crippen LogP contribution in [0.5, 0.6) is 11.5 Å². The van der Waals surface area contributed by atoms with E-state index in [1.807, 2.05) is 24.3 Å². The van der Waals surface area contributed by atoms with Gasteiger partial charge in [-0.1, -0.05) is 23.7 Å². The Morgan fingerprint density at radius 2 is 1.75 bits per heavy atom. The van der Waals surface area contributed by atoms with Crippen molar-refractivity contribution in [3.63, 3.8) is 0 Å². The maximum absolute atomic E-state index is 12.6. The van der Waals surface area contributed by atoms with Gasteiger partial charge in [-0.05, 0) is 42.7 Å². The van der Waals surface area contributed by atoms with Crippen molar-refractivity contribution in [2.75, 3.05) is 13.3 Å². The summed E-state index contributed by atoms with van der Waals surface area (Å²) in [4.78, 5) is 0.179. The summed E-state index contributed by atoms with van der Waals surface area (Å²) in [6.07, 6.45) is 1.91. The van der Waals surface area contributed by atoms with Crippen molar-refractivity contribution in [1.82, 2.24) is 4.72 Å². The zero-order valence-electron chi connectivity index (χ0n) is 12.8. The molecule has 4 rings (SSSR count). The quantitative estimate of drug-likeness (QED) is 0.884. The van der Waals surface area contributed by atoms with Crippen molar-refractivity contribution < 1.29 is 17.9 Å². The molecule has 0 aromatic heterocycles. The largest absolute Gasteiger partial charge is 0.454 e. The second-order valence-electron chi connectivity index (χ2n) is 6.13. The summed E-state index contributed by atoms with van der Waals surface area (Å²) in [5.74, 6) is 1.02. The fraction of sp³-hybridized carbons (Fsp3) is 0.294. The standard InChI is InChI=1S/C17H16ClNO4S/c18-13-3-1-12(2-4-13)17(7-8-17)10-19-24(20,21)14-5-6-15-16(9-14)23-11-22-15/h1-6,9,19H,7-8,10-11H2. The summed E-state index contributed by atoms with van der Waals surface area (Å²) in [7, 11) is -3.60. The van der Waals surface area contributed by atoms with E-state index in [9.17, 15) is 8.42 Å². The van der Waals surface area contributed by atoms with Gasteiger partial charge < -0.3 is 9.47 Å². The number of rotatable bonds is 5. The molecule has 2 aliphatic rings. The lowest BCUT2D eigenvalue weighted by atomic mass is 9.96. The number of benzene rings is 2. The average Bonchev–Trinajstić information content (AvgIpc) is 3.22. The minimum atomic E-state index is -3.60. The molecular weight excluding hydrogens is 350 g/mol. The van der Waals surface area contributed by atoms with E-state index >= 15 is 0 Å². The van der Waals surface area contributed by atoms with Gasteiger partial charge in [-0.25, -0.2) is 13.1 Å². The van der Waals surface area contributed by atoms with Gasteiger partial charge in [0.2, 0.25) is 16.8 Å². The van der Waals surface area contributed by atoms with Crippen molar-refractivity contribution in [1.29, 1.82) is 0 Å². The maximum atomic E-state index is 12.6. The Balaban J connectivity index is 1.51. The Labute approximate surface area is 145 Å². The zero-order valence-corrected chi connectivity index (χ0v) is 14.4. The van der Waals surface area contributed by atoms with Crippen LogP contribution in [-0.4, -0.2) is 21.8 Å². The molecule has 1 saturated carbocycles. The maximum Gasteiger partial charge on any atom is 0.240 e. The number of nitrogens with one attached hydrogen (secondary N) is 1. The number of fused-ring (bicyclic) bond motifs is 1. The molecule has 0 unspecified atom stereocenters. The van der Waals surface area contributed by atoms with E-state index in [-0.39, 0.29) is 17.1 Å². The summed E-state index contributed by atoms with van der Waals surface area (Å²) in [5, 5.41) is 0.676. The first-order valence-corrected chi connectivity index (χ1v) is 9.50. The summed E-state index contributed by atoms with van der Waals surface area (Å²) >= 11 is 5.92. The van der Waals surface area contributed by atoms with Gasteiger partial charge in [-0.3, -0.25) is 0 Å².